The lowest BCUT2D eigenvalue weighted by Crippen LogP contribution is -2.29. The SMILES string of the molecule is CNC(=O)OC(c1cn(S(=O)(=O)c2cccc(OC)c2)c(-c2cccnc2Cl)c1F)C(C)(C)C. The standard InChI is InChI=1S/C23H25ClFN3O5S/c1-23(2,3)20(33-22(29)26-4)17-13-28(19(18(17)25)16-10-7-11-27-21(16)24)34(30,31)15-9-6-8-14(12-15)32-5/h6-13,20H,1-5H3,(H,26,29). The lowest BCUT2D eigenvalue weighted by molar-refractivity contribution is 0.0294. The quantitative estimate of drug-likeness (QED) is 0.468. The van der Waals surface area contributed by atoms with Crippen LogP contribution in [0.5, 0.6) is 5.75 Å². The average molecular weight is 510 g/mol. The van der Waals surface area contributed by atoms with Crippen molar-refractivity contribution in [3.05, 3.63) is 65.3 Å². The zero-order valence-electron chi connectivity index (χ0n) is 19.3. The minimum Gasteiger partial charge on any atom is -0.497 e. The third-order valence-electron chi connectivity index (χ3n) is 5.05. The number of hydrogen-bond acceptors (Lipinski definition) is 6. The summed E-state index contributed by atoms with van der Waals surface area (Å²) in [5.74, 6) is -0.587. The molecule has 1 aromatic carbocycles. The minimum atomic E-state index is -4.33. The van der Waals surface area contributed by atoms with Gasteiger partial charge in [-0.05, 0) is 24.3 Å². The Kier molecular flexibility index (Phi) is 7.23. The predicted octanol–water partition coefficient (Wildman–Crippen LogP) is 5.03. The highest BCUT2D eigenvalue weighted by Crippen LogP contribution is 2.42. The van der Waals surface area contributed by atoms with Gasteiger partial charge in [-0.2, -0.15) is 0 Å². The van der Waals surface area contributed by atoms with E-state index >= 15 is 4.39 Å². The second-order valence-electron chi connectivity index (χ2n) is 8.47. The third kappa shape index (κ3) is 4.88. The first-order chi connectivity index (χ1) is 15.9. The Bertz CT molecular complexity index is 1320. The van der Waals surface area contributed by atoms with E-state index in [2.05, 4.69) is 10.3 Å². The third-order valence-corrected chi connectivity index (χ3v) is 7.01. The van der Waals surface area contributed by atoms with Crippen molar-refractivity contribution in [2.24, 2.45) is 5.41 Å². The van der Waals surface area contributed by atoms with E-state index in [1.165, 1.54) is 50.7 Å². The number of benzene rings is 1. The number of carbonyl (C=O) groups excluding carboxylic acids is 1. The summed E-state index contributed by atoms with van der Waals surface area (Å²) in [5, 5.41) is 2.24. The van der Waals surface area contributed by atoms with E-state index < -0.39 is 33.5 Å². The molecular formula is C23H25ClFN3O5S. The summed E-state index contributed by atoms with van der Waals surface area (Å²) in [7, 11) is -1.55. The fourth-order valence-corrected chi connectivity index (χ4v) is 5.02. The molecule has 1 amide bonds. The normalized spacial score (nSPS) is 12.8. The Hall–Kier alpha value is -3.11. The maximum absolute atomic E-state index is 16.1. The van der Waals surface area contributed by atoms with Crippen LogP contribution in [0.15, 0.2) is 53.7 Å². The van der Waals surface area contributed by atoms with Crippen LogP contribution in [0.2, 0.25) is 5.15 Å². The Morgan fingerprint density at radius 2 is 1.94 bits per heavy atom. The monoisotopic (exact) mass is 509 g/mol. The molecule has 2 aromatic heterocycles. The van der Waals surface area contributed by atoms with E-state index in [1.54, 1.807) is 26.8 Å². The number of rotatable bonds is 6. The second-order valence-corrected chi connectivity index (χ2v) is 10.6. The summed E-state index contributed by atoms with van der Waals surface area (Å²) >= 11 is 6.23. The first-order valence-corrected chi connectivity index (χ1v) is 12.0. The van der Waals surface area contributed by atoms with Gasteiger partial charge in [-0.25, -0.2) is 26.6 Å². The van der Waals surface area contributed by atoms with E-state index in [1.807, 2.05) is 0 Å². The van der Waals surface area contributed by atoms with Crippen LogP contribution in [-0.2, 0) is 14.8 Å². The van der Waals surface area contributed by atoms with Crippen molar-refractivity contribution in [2.45, 2.75) is 31.8 Å². The summed E-state index contributed by atoms with van der Waals surface area (Å²) < 4.78 is 54.8. The van der Waals surface area contributed by atoms with Crippen molar-refractivity contribution in [3.8, 4) is 17.0 Å². The fourth-order valence-electron chi connectivity index (χ4n) is 3.40. The average Bonchev–Trinajstić information content (AvgIpc) is 3.14. The van der Waals surface area contributed by atoms with Gasteiger partial charge >= 0.3 is 6.09 Å². The number of nitrogens with one attached hydrogen (secondary N) is 1. The molecule has 2 heterocycles. The molecule has 0 aliphatic carbocycles. The Labute approximate surface area is 202 Å². The highest BCUT2D eigenvalue weighted by Gasteiger charge is 2.37. The summed E-state index contributed by atoms with van der Waals surface area (Å²) in [4.78, 5) is 15.9. The molecule has 3 aromatic rings. The van der Waals surface area contributed by atoms with E-state index in [-0.39, 0.29) is 26.9 Å². The van der Waals surface area contributed by atoms with Gasteiger partial charge in [-0.3, -0.25) is 0 Å². The van der Waals surface area contributed by atoms with Gasteiger partial charge in [0.25, 0.3) is 10.0 Å². The summed E-state index contributed by atoms with van der Waals surface area (Å²) in [5.41, 5.74) is -1.18. The largest absolute Gasteiger partial charge is 0.497 e. The highest BCUT2D eigenvalue weighted by molar-refractivity contribution is 7.90. The zero-order chi connectivity index (χ0) is 25.3. The number of ether oxygens (including phenoxy) is 2. The van der Waals surface area contributed by atoms with Gasteiger partial charge in [-0.15, -0.1) is 0 Å². The van der Waals surface area contributed by atoms with Gasteiger partial charge in [0.1, 0.15) is 22.7 Å². The van der Waals surface area contributed by atoms with Crippen LogP contribution in [0.4, 0.5) is 9.18 Å². The molecule has 0 aliphatic heterocycles. The van der Waals surface area contributed by atoms with Crippen molar-refractivity contribution < 1.29 is 27.1 Å². The molecule has 34 heavy (non-hydrogen) atoms. The van der Waals surface area contributed by atoms with Crippen LogP contribution < -0.4 is 10.1 Å². The van der Waals surface area contributed by atoms with Gasteiger partial charge in [0, 0.05) is 42.0 Å². The molecule has 0 saturated heterocycles. The number of halogens is 2. The molecule has 0 spiro atoms. The number of pyridine rings is 1. The first-order valence-electron chi connectivity index (χ1n) is 10.2. The van der Waals surface area contributed by atoms with Crippen molar-refractivity contribution >= 4 is 27.7 Å². The molecule has 1 unspecified atom stereocenters. The molecule has 11 heteroatoms. The molecule has 0 fully saturated rings. The van der Waals surface area contributed by atoms with Gasteiger partial charge < -0.3 is 14.8 Å². The topological polar surface area (TPSA) is 99.5 Å². The number of nitrogens with zero attached hydrogens (tertiary/aromatic N) is 2. The molecule has 0 saturated carbocycles. The van der Waals surface area contributed by atoms with Crippen molar-refractivity contribution in [2.75, 3.05) is 14.2 Å². The molecule has 8 nitrogen and oxygen atoms in total. The van der Waals surface area contributed by atoms with Crippen molar-refractivity contribution in [1.29, 1.82) is 0 Å². The first kappa shape index (κ1) is 25.5. The molecule has 1 atom stereocenters. The van der Waals surface area contributed by atoms with Gasteiger partial charge in [0.15, 0.2) is 5.82 Å². The van der Waals surface area contributed by atoms with E-state index in [4.69, 9.17) is 21.1 Å². The van der Waals surface area contributed by atoms with Crippen molar-refractivity contribution in [1.82, 2.24) is 14.3 Å². The lowest BCUT2D eigenvalue weighted by Gasteiger charge is -2.29. The fraction of sp³-hybridized carbons (Fsp3) is 0.304. The van der Waals surface area contributed by atoms with Gasteiger partial charge in [0.05, 0.1) is 12.0 Å². The van der Waals surface area contributed by atoms with Crippen LogP contribution in [0, 0.1) is 11.2 Å². The molecular weight excluding hydrogens is 485 g/mol. The lowest BCUT2D eigenvalue weighted by atomic mass is 9.85. The summed E-state index contributed by atoms with van der Waals surface area (Å²) in [6.07, 6.45) is 0.607. The van der Waals surface area contributed by atoms with Gasteiger partial charge in [-0.1, -0.05) is 38.4 Å². The molecule has 0 radical (unpaired) electrons. The van der Waals surface area contributed by atoms with E-state index in [0.29, 0.717) is 5.75 Å². The summed E-state index contributed by atoms with van der Waals surface area (Å²) in [6, 6.07) is 8.76. The summed E-state index contributed by atoms with van der Waals surface area (Å²) in [6.45, 7) is 5.22. The predicted molar refractivity (Wildman–Crippen MR) is 126 cm³/mol. The molecule has 0 bridgehead atoms. The highest BCUT2D eigenvalue weighted by atomic mass is 35.5. The number of alkyl carbamates (subject to hydrolysis) is 1. The minimum absolute atomic E-state index is 0.0620. The Morgan fingerprint density at radius 1 is 1.24 bits per heavy atom. The van der Waals surface area contributed by atoms with E-state index in [0.717, 1.165) is 10.2 Å². The molecule has 3 rings (SSSR count). The van der Waals surface area contributed by atoms with Crippen LogP contribution in [0.3, 0.4) is 0 Å². The van der Waals surface area contributed by atoms with Crippen LogP contribution in [0.25, 0.3) is 11.3 Å². The second kappa shape index (κ2) is 9.63. The van der Waals surface area contributed by atoms with Gasteiger partial charge in [0.2, 0.25) is 0 Å². The number of amides is 1. The van der Waals surface area contributed by atoms with Crippen LogP contribution >= 0.6 is 11.6 Å². The van der Waals surface area contributed by atoms with E-state index in [9.17, 15) is 13.2 Å². The van der Waals surface area contributed by atoms with Crippen molar-refractivity contribution in [3.63, 3.8) is 0 Å². The Morgan fingerprint density at radius 3 is 2.53 bits per heavy atom. The molecule has 182 valence electrons. The number of methoxy groups -OCH3 is 1. The smallest absolute Gasteiger partial charge is 0.407 e. The zero-order valence-corrected chi connectivity index (χ0v) is 20.9. The maximum atomic E-state index is 16.1. The van der Waals surface area contributed by atoms with Crippen LogP contribution in [-0.4, -0.2) is 37.6 Å². The number of hydrogen-bond donors (Lipinski definition) is 1. The number of carbonyl (C=O) groups is 1. The molecule has 1 N–H and O–H groups in total. The number of aromatic nitrogens is 2. The molecule has 0 aliphatic rings. The van der Waals surface area contributed by atoms with Crippen LogP contribution in [0.1, 0.15) is 32.4 Å². The maximum Gasteiger partial charge on any atom is 0.407 e. The Balaban J connectivity index is 2.35.